The number of aromatic amines is 1. The second-order valence-corrected chi connectivity index (χ2v) is 6.04. The van der Waals surface area contributed by atoms with Crippen LogP contribution < -0.4 is 0 Å². The summed E-state index contributed by atoms with van der Waals surface area (Å²) < 4.78 is 29.9. The van der Waals surface area contributed by atoms with E-state index in [1.807, 2.05) is 0 Å². The predicted octanol–water partition coefficient (Wildman–Crippen LogP) is 5.12. The lowest BCUT2D eigenvalue weighted by Gasteiger charge is -2.29. The number of H-pyrrole nitrogens is 1. The summed E-state index contributed by atoms with van der Waals surface area (Å²) in [6.07, 6.45) is 5.44. The van der Waals surface area contributed by atoms with Crippen LogP contribution in [0, 0.1) is 22.3 Å². The van der Waals surface area contributed by atoms with Crippen molar-refractivity contribution in [3.05, 3.63) is 28.5 Å². The van der Waals surface area contributed by atoms with Crippen LogP contribution in [0.2, 0.25) is 0 Å². The summed E-state index contributed by atoms with van der Waals surface area (Å²) in [5.41, 5.74) is 0.865. The molecule has 0 spiro atoms. The molecule has 108 valence electrons. The highest BCUT2D eigenvalue weighted by Gasteiger charge is 2.25. The molecule has 2 unspecified atom stereocenters. The molecule has 3 rings (SSSR count). The van der Waals surface area contributed by atoms with E-state index in [9.17, 15) is 8.78 Å². The molecule has 0 bridgehead atoms. The summed E-state index contributed by atoms with van der Waals surface area (Å²) in [6, 6.07) is 2.87. The first kappa shape index (κ1) is 13.7. The largest absolute Gasteiger partial charge is 0.330 e. The first-order chi connectivity index (χ1) is 9.61. The van der Waals surface area contributed by atoms with Crippen LogP contribution in [-0.4, -0.2) is 9.55 Å². The monoisotopic (exact) mass is 296 g/mol. The van der Waals surface area contributed by atoms with Gasteiger partial charge in [-0.3, -0.25) is 0 Å². The van der Waals surface area contributed by atoms with Crippen LogP contribution in [0.4, 0.5) is 8.78 Å². The minimum Gasteiger partial charge on any atom is -0.330 e. The number of halogens is 2. The zero-order valence-corrected chi connectivity index (χ0v) is 12.3. The Balaban J connectivity index is 2.13. The molecule has 0 radical (unpaired) electrons. The molecule has 0 amide bonds. The van der Waals surface area contributed by atoms with Crippen molar-refractivity contribution in [3.63, 3.8) is 0 Å². The highest BCUT2D eigenvalue weighted by Crippen LogP contribution is 2.36. The molecule has 1 aromatic carbocycles. The van der Waals surface area contributed by atoms with E-state index in [0.717, 1.165) is 31.7 Å². The summed E-state index contributed by atoms with van der Waals surface area (Å²) in [7, 11) is 0. The maximum atomic E-state index is 14.1. The van der Waals surface area contributed by atoms with E-state index in [4.69, 9.17) is 12.2 Å². The van der Waals surface area contributed by atoms with E-state index in [1.54, 1.807) is 10.6 Å². The van der Waals surface area contributed by atoms with Crippen LogP contribution in [0.5, 0.6) is 0 Å². The Morgan fingerprint density at radius 1 is 1.35 bits per heavy atom. The zero-order chi connectivity index (χ0) is 14.3. The molecule has 1 heterocycles. The third kappa shape index (κ3) is 2.18. The number of hydrogen-bond acceptors (Lipinski definition) is 1. The van der Waals surface area contributed by atoms with Gasteiger partial charge in [-0.1, -0.05) is 26.2 Å². The minimum absolute atomic E-state index is 0.172. The number of imidazole rings is 1. The normalized spacial score (nSPS) is 23.4. The van der Waals surface area contributed by atoms with Gasteiger partial charge in [-0.05, 0) is 43.1 Å². The third-order valence-electron chi connectivity index (χ3n) is 4.47. The fourth-order valence-electron chi connectivity index (χ4n) is 3.37. The highest BCUT2D eigenvalue weighted by atomic mass is 32.1. The van der Waals surface area contributed by atoms with E-state index in [1.165, 1.54) is 6.42 Å². The quantitative estimate of drug-likeness (QED) is 0.763. The fraction of sp³-hybridized carbons (Fsp3) is 0.533. The number of nitrogens with zero attached hydrogens (tertiary/aromatic N) is 1. The molecule has 2 nitrogen and oxygen atoms in total. The molecule has 0 saturated heterocycles. The lowest BCUT2D eigenvalue weighted by Crippen LogP contribution is -2.19. The molecule has 1 aromatic heterocycles. The minimum atomic E-state index is -0.817. The molecule has 5 heteroatoms. The van der Waals surface area contributed by atoms with Gasteiger partial charge in [-0.25, -0.2) is 8.78 Å². The summed E-state index contributed by atoms with van der Waals surface area (Å²) in [6.45, 7) is 2.18. The maximum absolute atomic E-state index is 14.1. The van der Waals surface area contributed by atoms with Gasteiger partial charge in [0.25, 0.3) is 0 Å². The highest BCUT2D eigenvalue weighted by molar-refractivity contribution is 7.71. The van der Waals surface area contributed by atoms with Crippen molar-refractivity contribution in [3.8, 4) is 0 Å². The Bertz CT molecular complexity index is 689. The molecule has 1 saturated carbocycles. The van der Waals surface area contributed by atoms with E-state index >= 15 is 0 Å². The average Bonchev–Trinajstić information content (AvgIpc) is 2.80. The van der Waals surface area contributed by atoms with Crippen molar-refractivity contribution < 1.29 is 8.78 Å². The van der Waals surface area contributed by atoms with Crippen LogP contribution in [0.15, 0.2) is 12.1 Å². The third-order valence-corrected chi connectivity index (χ3v) is 4.77. The van der Waals surface area contributed by atoms with Gasteiger partial charge in [0.05, 0.1) is 5.52 Å². The predicted molar refractivity (Wildman–Crippen MR) is 78.3 cm³/mol. The molecule has 1 fully saturated rings. The van der Waals surface area contributed by atoms with Gasteiger partial charge in [0, 0.05) is 6.04 Å². The Morgan fingerprint density at radius 3 is 2.90 bits per heavy atom. The van der Waals surface area contributed by atoms with Gasteiger partial charge >= 0.3 is 0 Å². The Labute approximate surface area is 121 Å². The van der Waals surface area contributed by atoms with Crippen molar-refractivity contribution in [2.75, 3.05) is 0 Å². The molecule has 1 aliphatic carbocycles. The van der Waals surface area contributed by atoms with Crippen LogP contribution in [0.1, 0.15) is 45.1 Å². The van der Waals surface area contributed by atoms with Crippen molar-refractivity contribution in [2.24, 2.45) is 5.92 Å². The van der Waals surface area contributed by atoms with Crippen molar-refractivity contribution >= 4 is 23.3 Å². The summed E-state index contributed by atoms with van der Waals surface area (Å²) in [4.78, 5) is 3.00. The van der Waals surface area contributed by atoms with E-state index in [-0.39, 0.29) is 11.6 Å². The fourth-order valence-corrected chi connectivity index (χ4v) is 3.72. The van der Waals surface area contributed by atoms with E-state index in [2.05, 4.69) is 11.9 Å². The van der Waals surface area contributed by atoms with Crippen LogP contribution in [0.3, 0.4) is 0 Å². The zero-order valence-electron chi connectivity index (χ0n) is 11.5. The molecule has 1 aliphatic rings. The number of aromatic nitrogens is 2. The molecule has 20 heavy (non-hydrogen) atoms. The van der Waals surface area contributed by atoms with Gasteiger partial charge in [-0.15, -0.1) is 0 Å². The number of hydrogen-bond donors (Lipinski definition) is 1. The lowest BCUT2D eigenvalue weighted by molar-refractivity contribution is 0.262. The molecular formula is C15H18F2N2S. The average molecular weight is 296 g/mol. The molecule has 0 aliphatic heterocycles. The van der Waals surface area contributed by atoms with E-state index in [0.29, 0.717) is 16.2 Å². The van der Waals surface area contributed by atoms with E-state index < -0.39 is 11.6 Å². The maximum Gasteiger partial charge on any atom is 0.184 e. The van der Waals surface area contributed by atoms with Crippen LogP contribution in [0.25, 0.3) is 11.0 Å². The van der Waals surface area contributed by atoms with Gasteiger partial charge in [0.2, 0.25) is 0 Å². The van der Waals surface area contributed by atoms with Gasteiger partial charge in [0.1, 0.15) is 5.52 Å². The SMILES string of the molecule is CCC1CCCC(n2c(=S)[nH]c3ccc(F)c(F)c32)C1. The summed E-state index contributed by atoms with van der Waals surface area (Å²) >= 11 is 5.33. The molecule has 2 aromatic rings. The first-order valence-corrected chi connectivity index (χ1v) is 7.60. The lowest BCUT2D eigenvalue weighted by atomic mass is 9.84. The Hall–Kier alpha value is -1.23. The number of rotatable bonds is 2. The molecule has 2 atom stereocenters. The van der Waals surface area contributed by atoms with Crippen molar-refractivity contribution in [2.45, 2.75) is 45.1 Å². The molecule has 1 N–H and O–H groups in total. The van der Waals surface area contributed by atoms with Crippen LogP contribution in [-0.2, 0) is 0 Å². The number of nitrogens with one attached hydrogen (secondary N) is 1. The van der Waals surface area contributed by atoms with Crippen molar-refractivity contribution in [1.29, 1.82) is 0 Å². The number of fused-ring (bicyclic) bond motifs is 1. The summed E-state index contributed by atoms with van der Waals surface area (Å²) in [5.74, 6) is -0.964. The Morgan fingerprint density at radius 2 is 2.15 bits per heavy atom. The second kappa shape index (κ2) is 5.28. The Kier molecular flexibility index (Phi) is 3.63. The number of benzene rings is 1. The topological polar surface area (TPSA) is 20.7 Å². The van der Waals surface area contributed by atoms with Crippen molar-refractivity contribution in [1.82, 2.24) is 9.55 Å². The van der Waals surface area contributed by atoms with Crippen LogP contribution >= 0.6 is 12.2 Å². The molecular weight excluding hydrogens is 278 g/mol. The van der Waals surface area contributed by atoms with Gasteiger partial charge < -0.3 is 9.55 Å². The van der Waals surface area contributed by atoms with Gasteiger partial charge in [0.15, 0.2) is 16.4 Å². The standard InChI is InChI=1S/C15H18F2N2S/c1-2-9-4-3-5-10(8-9)19-14-12(18-15(19)20)7-6-11(16)13(14)17/h6-7,9-10H,2-5,8H2,1H3,(H,18,20). The first-order valence-electron chi connectivity index (χ1n) is 7.20. The smallest absolute Gasteiger partial charge is 0.184 e. The van der Waals surface area contributed by atoms with Gasteiger partial charge in [-0.2, -0.15) is 0 Å². The summed E-state index contributed by atoms with van der Waals surface area (Å²) in [5, 5.41) is 0. The second-order valence-electron chi connectivity index (χ2n) is 5.65.